The van der Waals surface area contributed by atoms with Crippen LogP contribution in [0.4, 0.5) is 11.5 Å². The Morgan fingerprint density at radius 2 is 1.61 bits per heavy atom. The van der Waals surface area contributed by atoms with Crippen molar-refractivity contribution in [2.75, 3.05) is 5.32 Å². The molecule has 1 amide bonds. The zero-order valence-corrected chi connectivity index (χ0v) is 15.5. The van der Waals surface area contributed by atoms with Crippen LogP contribution >= 0.6 is 0 Å². The molecular formula is C23H20N4O. The van der Waals surface area contributed by atoms with Gasteiger partial charge in [-0.3, -0.25) is 4.79 Å². The van der Waals surface area contributed by atoms with Gasteiger partial charge in [0.15, 0.2) is 0 Å². The van der Waals surface area contributed by atoms with E-state index in [4.69, 9.17) is 10.8 Å². The van der Waals surface area contributed by atoms with E-state index in [0.29, 0.717) is 11.3 Å². The number of nitrogens with zero attached hydrogens (tertiary/aromatic N) is 2. The number of aromatic nitrogens is 2. The number of nitrogens with one attached hydrogen (secondary N) is 1. The summed E-state index contributed by atoms with van der Waals surface area (Å²) in [6.45, 7) is 2.04. The Morgan fingerprint density at radius 1 is 0.929 bits per heavy atom. The highest BCUT2D eigenvalue weighted by Gasteiger charge is 2.15. The van der Waals surface area contributed by atoms with Crippen LogP contribution in [-0.4, -0.2) is 15.7 Å². The molecular weight excluding hydrogens is 348 g/mol. The summed E-state index contributed by atoms with van der Waals surface area (Å²) in [5.41, 5.74) is 10.5. The van der Waals surface area contributed by atoms with Crippen LogP contribution < -0.4 is 11.1 Å². The van der Waals surface area contributed by atoms with Crippen LogP contribution in [0.25, 0.3) is 16.9 Å². The fourth-order valence-corrected chi connectivity index (χ4v) is 3.15. The molecule has 4 rings (SSSR count). The lowest BCUT2D eigenvalue weighted by atomic mass is 10.1. The predicted octanol–water partition coefficient (Wildman–Crippen LogP) is 4.69. The maximum Gasteiger partial charge on any atom is 0.250 e. The van der Waals surface area contributed by atoms with Crippen molar-refractivity contribution in [2.45, 2.75) is 6.92 Å². The first-order valence-corrected chi connectivity index (χ1v) is 9.01. The van der Waals surface area contributed by atoms with Gasteiger partial charge in [0.25, 0.3) is 5.91 Å². The van der Waals surface area contributed by atoms with E-state index in [0.717, 1.165) is 28.3 Å². The second-order valence-corrected chi connectivity index (χ2v) is 6.51. The van der Waals surface area contributed by atoms with Crippen molar-refractivity contribution in [3.63, 3.8) is 0 Å². The van der Waals surface area contributed by atoms with Gasteiger partial charge in [-0.2, -0.15) is 5.10 Å². The van der Waals surface area contributed by atoms with Gasteiger partial charge in [-0.1, -0.05) is 60.7 Å². The number of amides is 1. The molecule has 138 valence electrons. The van der Waals surface area contributed by atoms with Gasteiger partial charge in [-0.15, -0.1) is 0 Å². The van der Waals surface area contributed by atoms with Crippen LogP contribution in [0.1, 0.15) is 15.9 Å². The number of hydrogen-bond acceptors (Lipinski definition) is 3. The third kappa shape index (κ3) is 3.38. The molecule has 0 aliphatic rings. The number of carbonyl (C=O) groups is 1. The smallest absolute Gasteiger partial charge is 0.250 e. The zero-order chi connectivity index (χ0) is 19.5. The van der Waals surface area contributed by atoms with Gasteiger partial charge in [0.05, 0.1) is 22.6 Å². The van der Waals surface area contributed by atoms with Gasteiger partial charge < -0.3 is 11.1 Å². The lowest BCUT2D eigenvalue weighted by molar-refractivity contribution is 0.100. The van der Waals surface area contributed by atoms with Crippen LogP contribution in [0.3, 0.4) is 0 Å². The molecule has 1 aromatic heterocycles. The predicted molar refractivity (Wildman–Crippen MR) is 112 cm³/mol. The normalized spacial score (nSPS) is 10.6. The number of aryl methyl sites for hydroxylation is 1. The van der Waals surface area contributed by atoms with E-state index in [-0.39, 0.29) is 0 Å². The Bertz CT molecular complexity index is 1130. The van der Waals surface area contributed by atoms with Crippen LogP contribution in [-0.2, 0) is 0 Å². The molecule has 0 bridgehead atoms. The number of nitrogens with two attached hydrogens (primary N) is 1. The van der Waals surface area contributed by atoms with Crippen molar-refractivity contribution in [3.05, 3.63) is 96.1 Å². The molecule has 0 aliphatic carbocycles. The van der Waals surface area contributed by atoms with Crippen molar-refractivity contribution in [1.82, 2.24) is 9.78 Å². The first-order valence-electron chi connectivity index (χ1n) is 9.01. The molecule has 0 saturated heterocycles. The first kappa shape index (κ1) is 17.5. The number of para-hydroxylation sites is 2. The van der Waals surface area contributed by atoms with Crippen molar-refractivity contribution >= 4 is 17.4 Å². The molecule has 28 heavy (non-hydrogen) atoms. The highest BCUT2D eigenvalue weighted by atomic mass is 16.1. The monoisotopic (exact) mass is 368 g/mol. The number of carbonyl (C=O) groups excluding carboxylic acids is 1. The SMILES string of the molecule is Cc1ccccc1-n1nc(-c2ccccc2)cc1Nc1ccccc1C(N)=O. The maximum atomic E-state index is 11.8. The first-order chi connectivity index (χ1) is 13.6. The maximum absolute atomic E-state index is 11.8. The lowest BCUT2D eigenvalue weighted by Gasteiger charge is -2.13. The molecule has 4 aromatic rings. The number of hydrogen-bond donors (Lipinski definition) is 2. The minimum absolute atomic E-state index is 0.432. The minimum atomic E-state index is -0.478. The van der Waals surface area contributed by atoms with Gasteiger partial charge in [0.1, 0.15) is 5.82 Å². The quantitative estimate of drug-likeness (QED) is 0.537. The fourth-order valence-electron chi connectivity index (χ4n) is 3.15. The Morgan fingerprint density at radius 3 is 2.36 bits per heavy atom. The van der Waals surface area contributed by atoms with Crippen molar-refractivity contribution in [1.29, 1.82) is 0 Å². The van der Waals surface area contributed by atoms with Crippen LogP contribution in [0.15, 0.2) is 84.9 Å². The third-order valence-electron chi connectivity index (χ3n) is 4.58. The summed E-state index contributed by atoms with van der Waals surface area (Å²) in [7, 11) is 0. The van der Waals surface area contributed by atoms with Crippen LogP contribution in [0.2, 0.25) is 0 Å². The zero-order valence-electron chi connectivity index (χ0n) is 15.5. The van der Waals surface area contributed by atoms with Crippen LogP contribution in [0, 0.1) is 6.92 Å². The average Bonchev–Trinajstić information content (AvgIpc) is 3.13. The summed E-state index contributed by atoms with van der Waals surface area (Å²) >= 11 is 0. The van der Waals surface area contributed by atoms with Gasteiger partial charge in [0.2, 0.25) is 0 Å². The minimum Gasteiger partial charge on any atom is -0.366 e. The number of benzene rings is 3. The van der Waals surface area contributed by atoms with Crippen LogP contribution in [0.5, 0.6) is 0 Å². The standard InChI is InChI=1S/C23H20N4O/c1-16-9-5-8-14-21(16)27-22(15-20(26-27)17-10-3-2-4-11-17)25-19-13-7-6-12-18(19)23(24)28/h2-15,25H,1H3,(H2,24,28). The van der Waals surface area contributed by atoms with Gasteiger partial charge in [0, 0.05) is 11.6 Å². The molecule has 0 fully saturated rings. The molecule has 5 heteroatoms. The summed E-state index contributed by atoms with van der Waals surface area (Å²) in [5, 5.41) is 8.16. The summed E-state index contributed by atoms with van der Waals surface area (Å²) in [6.07, 6.45) is 0. The highest BCUT2D eigenvalue weighted by Crippen LogP contribution is 2.29. The number of rotatable bonds is 5. The molecule has 0 atom stereocenters. The number of primary amides is 1. The molecule has 1 heterocycles. The fraction of sp³-hybridized carbons (Fsp3) is 0.0435. The molecule has 0 radical (unpaired) electrons. The molecule has 3 N–H and O–H groups in total. The topological polar surface area (TPSA) is 72.9 Å². The Labute approximate surface area is 163 Å². The van der Waals surface area contributed by atoms with Crippen molar-refractivity contribution in [3.8, 4) is 16.9 Å². The molecule has 0 aliphatic heterocycles. The third-order valence-corrected chi connectivity index (χ3v) is 4.58. The summed E-state index contributed by atoms with van der Waals surface area (Å²) in [4.78, 5) is 11.8. The van der Waals surface area contributed by atoms with Gasteiger partial charge in [-0.25, -0.2) is 4.68 Å². The summed E-state index contributed by atoms with van der Waals surface area (Å²) in [6, 6.07) is 27.2. The van der Waals surface area contributed by atoms with E-state index in [9.17, 15) is 4.79 Å². The average molecular weight is 368 g/mol. The summed E-state index contributed by atoms with van der Waals surface area (Å²) in [5.74, 6) is 0.273. The molecule has 0 unspecified atom stereocenters. The van der Waals surface area contributed by atoms with E-state index in [1.54, 1.807) is 12.1 Å². The van der Waals surface area contributed by atoms with E-state index in [1.807, 2.05) is 84.4 Å². The van der Waals surface area contributed by atoms with E-state index in [2.05, 4.69) is 5.32 Å². The summed E-state index contributed by atoms with van der Waals surface area (Å²) < 4.78 is 1.86. The molecule has 0 saturated carbocycles. The second-order valence-electron chi connectivity index (χ2n) is 6.51. The molecule has 5 nitrogen and oxygen atoms in total. The number of anilines is 2. The Balaban J connectivity index is 1.85. The second kappa shape index (κ2) is 7.40. The van der Waals surface area contributed by atoms with E-state index >= 15 is 0 Å². The van der Waals surface area contributed by atoms with E-state index < -0.39 is 5.91 Å². The van der Waals surface area contributed by atoms with Crippen molar-refractivity contribution < 1.29 is 4.79 Å². The Hall–Kier alpha value is -3.86. The highest BCUT2D eigenvalue weighted by molar-refractivity contribution is 5.99. The van der Waals surface area contributed by atoms with Crippen molar-refractivity contribution in [2.24, 2.45) is 5.73 Å². The van der Waals surface area contributed by atoms with Gasteiger partial charge in [-0.05, 0) is 30.7 Å². The molecule has 0 spiro atoms. The molecule has 3 aromatic carbocycles. The van der Waals surface area contributed by atoms with E-state index in [1.165, 1.54) is 0 Å². The Kier molecular flexibility index (Phi) is 4.64. The lowest BCUT2D eigenvalue weighted by Crippen LogP contribution is -2.14. The van der Waals surface area contributed by atoms with Gasteiger partial charge >= 0.3 is 0 Å². The largest absolute Gasteiger partial charge is 0.366 e.